The number of fused-ring (bicyclic) bond motifs is 2. The Morgan fingerprint density at radius 1 is 0.909 bits per heavy atom. The minimum atomic E-state index is -0.546. The summed E-state index contributed by atoms with van der Waals surface area (Å²) in [4.78, 5) is 28.9. The lowest BCUT2D eigenvalue weighted by Crippen LogP contribution is -2.60. The van der Waals surface area contributed by atoms with E-state index in [1.54, 1.807) is 0 Å². The first-order valence-corrected chi connectivity index (χ1v) is 12.6. The van der Waals surface area contributed by atoms with Gasteiger partial charge in [0.1, 0.15) is 5.60 Å². The summed E-state index contributed by atoms with van der Waals surface area (Å²) in [5, 5.41) is 0. The predicted octanol–water partition coefficient (Wildman–Crippen LogP) is 6.65. The van der Waals surface area contributed by atoms with Gasteiger partial charge in [0.2, 0.25) is 0 Å². The molecule has 2 fully saturated rings. The summed E-state index contributed by atoms with van der Waals surface area (Å²) >= 11 is 0. The smallest absolute Gasteiger partial charge is 0.410 e. The number of nitrogens with zero attached hydrogens (tertiary/aromatic N) is 1. The average Bonchev–Trinajstić information content (AvgIpc) is 2.69. The number of morpholine rings is 1. The van der Waals surface area contributed by atoms with Gasteiger partial charge in [-0.1, -0.05) is 53.7 Å². The summed E-state index contributed by atoms with van der Waals surface area (Å²) in [7, 11) is 0. The highest BCUT2D eigenvalue weighted by Crippen LogP contribution is 2.39. The molecule has 0 aliphatic carbocycles. The van der Waals surface area contributed by atoms with Crippen molar-refractivity contribution in [3.05, 3.63) is 34.4 Å². The highest BCUT2D eigenvalue weighted by Gasteiger charge is 2.45. The summed E-state index contributed by atoms with van der Waals surface area (Å²) in [6, 6.07) is 4.24. The zero-order valence-corrected chi connectivity index (χ0v) is 22.0. The molecule has 2 atom stereocenters. The summed E-state index contributed by atoms with van der Waals surface area (Å²) in [6.07, 6.45) is 0.948. The van der Waals surface area contributed by atoms with Crippen molar-refractivity contribution < 1.29 is 19.1 Å². The third-order valence-electron chi connectivity index (χ3n) is 6.87. The Bertz CT molecular complexity index is 837. The van der Waals surface area contributed by atoms with Crippen molar-refractivity contribution in [2.45, 2.75) is 111 Å². The molecular formula is C28H43NO4. The van der Waals surface area contributed by atoms with E-state index in [1.807, 2.05) is 25.7 Å². The Morgan fingerprint density at radius 3 is 1.79 bits per heavy atom. The number of rotatable bonds is 5. The van der Waals surface area contributed by atoms with Crippen molar-refractivity contribution in [2.24, 2.45) is 5.92 Å². The number of Topliss-reactive ketones (excluding diaryl/α,β-unsaturated/α-hetero) is 1. The maximum absolute atomic E-state index is 14.1. The van der Waals surface area contributed by atoms with E-state index in [2.05, 4.69) is 53.7 Å². The molecule has 0 saturated carbocycles. The molecule has 2 unspecified atom stereocenters. The van der Waals surface area contributed by atoms with E-state index in [0.29, 0.717) is 32.0 Å². The van der Waals surface area contributed by atoms with E-state index in [1.165, 1.54) is 5.56 Å². The van der Waals surface area contributed by atoms with Crippen LogP contribution in [0.5, 0.6) is 0 Å². The molecule has 1 aromatic rings. The molecule has 2 aliphatic rings. The Hall–Kier alpha value is -1.88. The maximum Gasteiger partial charge on any atom is 0.410 e. The number of ketones is 1. The molecule has 2 bridgehead atoms. The SMILES string of the molecule is CC(C)c1cc(C(C)C)c(C(=O)C2CC3COCC(C2)N3C(=O)OC(C)(C)C)c(C(C)C)c1. The quantitative estimate of drug-likeness (QED) is 0.464. The molecule has 2 aliphatic heterocycles. The fraction of sp³-hybridized carbons (Fsp3) is 0.714. The van der Waals surface area contributed by atoms with Crippen LogP contribution in [0.25, 0.3) is 0 Å². The van der Waals surface area contributed by atoms with Crippen molar-refractivity contribution >= 4 is 11.9 Å². The van der Waals surface area contributed by atoms with Crippen molar-refractivity contribution in [3.8, 4) is 0 Å². The molecule has 2 heterocycles. The predicted molar refractivity (Wildman–Crippen MR) is 132 cm³/mol. The molecule has 2 saturated heterocycles. The summed E-state index contributed by atoms with van der Waals surface area (Å²) in [5.74, 6) is 1.08. The second-order valence-corrected chi connectivity index (χ2v) is 11.8. The number of benzene rings is 1. The fourth-order valence-electron chi connectivity index (χ4n) is 5.19. The standard InChI is InChI=1S/C28H43NO4/c1-16(2)19-12-23(17(3)4)25(24(13-19)18(5)6)26(30)20-10-21-14-32-15-22(11-20)29(21)27(31)33-28(7,8)9/h12-13,16-18,20-22H,10-11,14-15H2,1-9H3. The summed E-state index contributed by atoms with van der Waals surface area (Å²) in [5.41, 5.74) is 3.98. The van der Waals surface area contributed by atoms with Gasteiger partial charge in [0.05, 0.1) is 25.3 Å². The lowest BCUT2D eigenvalue weighted by atomic mass is 9.75. The molecule has 33 heavy (non-hydrogen) atoms. The number of hydrogen-bond acceptors (Lipinski definition) is 4. The monoisotopic (exact) mass is 457 g/mol. The van der Waals surface area contributed by atoms with Crippen LogP contribution >= 0.6 is 0 Å². The number of carbonyl (C=O) groups excluding carboxylic acids is 2. The van der Waals surface area contributed by atoms with E-state index in [9.17, 15) is 9.59 Å². The highest BCUT2D eigenvalue weighted by molar-refractivity contribution is 6.01. The van der Waals surface area contributed by atoms with E-state index >= 15 is 0 Å². The number of carbonyl (C=O) groups is 2. The zero-order chi connectivity index (χ0) is 24.7. The minimum absolute atomic E-state index is 0.109. The third kappa shape index (κ3) is 5.62. The first-order valence-electron chi connectivity index (χ1n) is 12.6. The Labute approximate surface area is 200 Å². The first-order chi connectivity index (χ1) is 15.3. The number of amides is 1. The maximum atomic E-state index is 14.1. The Balaban J connectivity index is 1.95. The number of piperidine rings is 1. The van der Waals surface area contributed by atoms with Crippen molar-refractivity contribution in [3.63, 3.8) is 0 Å². The second kappa shape index (κ2) is 9.77. The van der Waals surface area contributed by atoms with Crippen LogP contribution < -0.4 is 0 Å². The molecular weight excluding hydrogens is 414 g/mol. The molecule has 1 amide bonds. The molecule has 0 spiro atoms. The van der Waals surface area contributed by atoms with Crippen molar-refractivity contribution in [2.75, 3.05) is 13.2 Å². The molecule has 0 aromatic heterocycles. The van der Waals surface area contributed by atoms with Gasteiger partial charge in [-0.15, -0.1) is 0 Å². The number of hydrogen-bond donors (Lipinski definition) is 0. The first kappa shape index (κ1) is 25.7. The fourth-order valence-corrected chi connectivity index (χ4v) is 5.19. The van der Waals surface area contributed by atoms with Gasteiger partial charge >= 0.3 is 6.09 Å². The Kier molecular flexibility index (Phi) is 7.62. The summed E-state index contributed by atoms with van der Waals surface area (Å²) in [6.45, 7) is 19.7. The second-order valence-electron chi connectivity index (χ2n) is 11.8. The average molecular weight is 458 g/mol. The molecule has 184 valence electrons. The van der Waals surface area contributed by atoms with Gasteiger partial charge in [0, 0.05) is 11.5 Å². The van der Waals surface area contributed by atoms with Crippen molar-refractivity contribution in [1.82, 2.24) is 4.90 Å². The molecule has 5 heteroatoms. The van der Waals surface area contributed by atoms with Gasteiger partial charge in [0.15, 0.2) is 5.78 Å². The topological polar surface area (TPSA) is 55.8 Å². The van der Waals surface area contributed by atoms with Crippen LogP contribution in [-0.4, -0.2) is 47.7 Å². The van der Waals surface area contributed by atoms with Gasteiger partial charge in [-0.05, 0) is 68.1 Å². The molecule has 0 radical (unpaired) electrons. The molecule has 5 nitrogen and oxygen atoms in total. The van der Waals surface area contributed by atoms with E-state index < -0.39 is 5.60 Å². The summed E-state index contributed by atoms with van der Waals surface area (Å²) < 4.78 is 11.5. The van der Waals surface area contributed by atoms with Crippen LogP contribution in [0.1, 0.15) is 120 Å². The van der Waals surface area contributed by atoms with Crippen molar-refractivity contribution in [1.29, 1.82) is 0 Å². The minimum Gasteiger partial charge on any atom is -0.444 e. The molecule has 1 aromatic carbocycles. The largest absolute Gasteiger partial charge is 0.444 e. The van der Waals surface area contributed by atoms with Crippen LogP contribution in [0, 0.1) is 5.92 Å². The highest BCUT2D eigenvalue weighted by atomic mass is 16.6. The van der Waals surface area contributed by atoms with Gasteiger partial charge in [-0.2, -0.15) is 0 Å². The van der Waals surface area contributed by atoms with Crippen LogP contribution in [0.15, 0.2) is 12.1 Å². The van der Waals surface area contributed by atoms with E-state index in [0.717, 1.165) is 16.7 Å². The normalized spacial score (nSPS) is 23.4. The van der Waals surface area contributed by atoms with Gasteiger partial charge in [-0.25, -0.2) is 4.79 Å². The number of ether oxygens (including phenoxy) is 2. The van der Waals surface area contributed by atoms with Gasteiger partial charge in [0.25, 0.3) is 0 Å². The Morgan fingerprint density at radius 2 is 1.39 bits per heavy atom. The van der Waals surface area contributed by atoms with Gasteiger partial charge < -0.3 is 9.47 Å². The van der Waals surface area contributed by atoms with Crippen LogP contribution in [0.4, 0.5) is 4.79 Å². The van der Waals surface area contributed by atoms with E-state index in [-0.39, 0.29) is 41.7 Å². The van der Waals surface area contributed by atoms with E-state index in [4.69, 9.17) is 9.47 Å². The molecule has 0 N–H and O–H groups in total. The van der Waals surface area contributed by atoms with Crippen LogP contribution in [-0.2, 0) is 9.47 Å². The molecule has 3 rings (SSSR count). The lowest BCUT2D eigenvalue weighted by Gasteiger charge is -2.48. The van der Waals surface area contributed by atoms with Crippen LogP contribution in [0.3, 0.4) is 0 Å². The lowest BCUT2D eigenvalue weighted by molar-refractivity contribution is -0.0861. The van der Waals surface area contributed by atoms with Crippen LogP contribution in [0.2, 0.25) is 0 Å². The van der Waals surface area contributed by atoms with Gasteiger partial charge in [-0.3, -0.25) is 9.69 Å². The third-order valence-corrected chi connectivity index (χ3v) is 6.87. The zero-order valence-electron chi connectivity index (χ0n) is 22.0.